The molecule has 0 bridgehead atoms. The lowest BCUT2D eigenvalue weighted by atomic mass is 10.1. The van der Waals surface area contributed by atoms with Crippen LogP contribution in [0.1, 0.15) is 21.8 Å². The third-order valence-electron chi connectivity index (χ3n) is 5.25. The zero-order chi connectivity index (χ0) is 23.9. The molecule has 0 radical (unpaired) electrons. The van der Waals surface area contributed by atoms with Gasteiger partial charge < -0.3 is 10.6 Å². The Labute approximate surface area is 207 Å². The highest BCUT2D eigenvalue weighted by molar-refractivity contribution is 6.53. The lowest BCUT2D eigenvalue weighted by Crippen LogP contribution is -2.20. The molecule has 1 fully saturated rings. The second-order valence-corrected chi connectivity index (χ2v) is 9.66. The fraction of sp³-hybridized carbons (Fsp3) is 0.130. The van der Waals surface area contributed by atoms with Gasteiger partial charge in [-0.1, -0.05) is 47.5 Å². The number of carbonyl (C=O) groups is 2. The van der Waals surface area contributed by atoms with Crippen molar-refractivity contribution in [3.63, 3.8) is 0 Å². The summed E-state index contributed by atoms with van der Waals surface area (Å²) < 4.78 is 27.1. The van der Waals surface area contributed by atoms with Crippen molar-refractivity contribution in [2.45, 2.75) is 10.3 Å². The van der Waals surface area contributed by atoms with E-state index in [1.165, 1.54) is 24.3 Å². The molecule has 2 atom stereocenters. The molecule has 0 spiro atoms. The zero-order valence-corrected chi connectivity index (χ0v) is 19.5. The molecule has 33 heavy (non-hydrogen) atoms. The van der Waals surface area contributed by atoms with E-state index in [4.69, 9.17) is 46.4 Å². The van der Waals surface area contributed by atoms with Crippen molar-refractivity contribution in [2.75, 3.05) is 10.6 Å². The minimum Gasteiger partial charge on any atom is -0.323 e. The van der Waals surface area contributed by atoms with Gasteiger partial charge in [-0.3, -0.25) is 9.59 Å². The van der Waals surface area contributed by atoms with Gasteiger partial charge in [0.05, 0.1) is 27.2 Å². The molecule has 4 nitrogen and oxygen atoms in total. The van der Waals surface area contributed by atoms with Gasteiger partial charge in [-0.05, 0) is 42.0 Å². The van der Waals surface area contributed by atoms with Crippen molar-refractivity contribution in [3.05, 3.63) is 93.5 Å². The van der Waals surface area contributed by atoms with E-state index in [-0.39, 0.29) is 15.7 Å². The lowest BCUT2D eigenvalue weighted by Gasteiger charge is -2.12. The summed E-state index contributed by atoms with van der Waals surface area (Å²) in [5, 5.41) is 4.69. The van der Waals surface area contributed by atoms with Gasteiger partial charge in [-0.2, -0.15) is 0 Å². The summed E-state index contributed by atoms with van der Waals surface area (Å²) in [6.45, 7) is 0. The number of carbonyl (C=O) groups excluding carboxylic acids is 2. The van der Waals surface area contributed by atoms with Gasteiger partial charge in [0, 0.05) is 11.6 Å². The molecule has 1 aliphatic carbocycles. The first-order chi connectivity index (χ1) is 15.6. The quantitative estimate of drug-likeness (QED) is 0.348. The van der Waals surface area contributed by atoms with E-state index in [0.717, 1.165) is 6.07 Å². The van der Waals surface area contributed by atoms with Crippen LogP contribution >= 0.6 is 46.4 Å². The standard InChI is InChI=1S/C23H14Cl4F2N2O2/c24-13-7-9-16(20(29)17(13)21(32)30-12-4-2-1-3-5-12)31-22(33)19-18(23(19,26)27)11-6-8-15(28)14(25)10-11/h1-10,18-19H,(H,30,32)(H,31,33)/t18-,19+/m0/s1. The Morgan fingerprint density at radius 1 is 0.879 bits per heavy atom. The molecule has 0 aromatic heterocycles. The van der Waals surface area contributed by atoms with E-state index in [0.29, 0.717) is 11.3 Å². The van der Waals surface area contributed by atoms with Gasteiger partial charge >= 0.3 is 0 Å². The molecule has 170 valence electrons. The minimum atomic E-state index is -1.50. The van der Waals surface area contributed by atoms with E-state index >= 15 is 4.39 Å². The smallest absolute Gasteiger partial charge is 0.260 e. The highest BCUT2D eigenvalue weighted by Gasteiger charge is 2.67. The van der Waals surface area contributed by atoms with E-state index < -0.39 is 45.2 Å². The van der Waals surface area contributed by atoms with Crippen molar-refractivity contribution < 1.29 is 18.4 Å². The van der Waals surface area contributed by atoms with E-state index in [1.807, 2.05) is 0 Å². The van der Waals surface area contributed by atoms with Crippen LogP contribution in [-0.4, -0.2) is 16.1 Å². The third-order valence-corrected chi connectivity index (χ3v) is 6.79. The number of rotatable bonds is 5. The lowest BCUT2D eigenvalue weighted by molar-refractivity contribution is -0.117. The highest BCUT2D eigenvalue weighted by Crippen LogP contribution is 2.65. The Morgan fingerprint density at radius 2 is 1.58 bits per heavy atom. The fourth-order valence-corrected chi connectivity index (χ4v) is 4.81. The second kappa shape index (κ2) is 9.11. The predicted octanol–water partition coefficient (Wildman–Crippen LogP) is 7.05. The van der Waals surface area contributed by atoms with E-state index in [1.54, 1.807) is 30.3 Å². The van der Waals surface area contributed by atoms with Crippen LogP contribution in [0.2, 0.25) is 10.0 Å². The molecular weight excluding hydrogens is 516 g/mol. The topological polar surface area (TPSA) is 58.2 Å². The monoisotopic (exact) mass is 528 g/mol. The molecule has 0 heterocycles. The normalized spacial score (nSPS) is 18.5. The maximum atomic E-state index is 15.2. The summed E-state index contributed by atoms with van der Waals surface area (Å²) in [7, 11) is 0. The fourth-order valence-electron chi connectivity index (χ4n) is 3.56. The SMILES string of the molecule is O=C(Nc1ccccc1)c1c(Cl)ccc(NC(=O)[C@H]2[C@H](c3ccc(F)c(Cl)c3)C2(Cl)Cl)c1F. The number of hydrogen-bond donors (Lipinski definition) is 2. The van der Waals surface area contributed by atoms with Gasteiger partial charge in [0.2, 0.25) is 5.91 Å². The molecule has 0 unspecified atom stereocenters. The summed E-state index contributed by atoms with van der Waals surface area (Å²) in [5.41, 5.74) is 0.208. The molecule has 0 saturated heterocycles. The number of alkyl halides is 2. The summed E-state index contributed by atoms with van der Waals surface area (Å²) in [4.78, 5) is 25.5. The van der Waals surface area contributed by atoms with Crippen LogP contribution in [0.25, 0.3) is 0 Å². The van der Waals surface area contributed by atoms with E-state index in [2.05, 4.69) is 10.6 Å². The Kier molecular flexibility index (Phi) is 6.56. The molecule has 2 N–H and O–H groups in total. The number of amides is 2. The average Bonchev–Trinajstić information content (AvgIpc) is 3.35. The van der Waals surface area contributed by atoms with Crippen molar-refractivity contribution in [3.8, 4) is 0 Å². The van der Waals surface area contributed by atoms with Crippen molar-refractivity contribution in [1.82, 2.24) is 0 Å². The molecule has 0 aliphatic heterocycles. The van der Waals surface area contributed by atoms with Gasteiger partial charge in [-0.25, -0.2) is 8.78 Å². The molecule has 10 heteroatoms. The first-order valence-corrected chi connectivity index (χ1v) is 11.1. The van der Waals surface area contributed by atoms with E-state index in [9.17, 15) is 14.0 Å². The molecule has 3 aromatic rings. The van der Waals surface area contributed by atoms with Gasteiger partial charge in [-0.15, -0.1) is 23.2 Å². The van der Waals surface area contributed by atoms with Gasteiger partial charge in [0.1, 0.15) is 10.2 Å². The molecule has 2 amide bonds. The molecular formula is C23H14Cl4F2N2O2. The number of halogens is 6. The summed E-state index contributed by atoms with van der Waals surface area (Å²) in [6.07, 6.45) is 0. The number of nitrogens with one attached hydrogen (secondary N) is 2. The van der Waals surface area contributed by atoms with Gasteiger partial charge in [0.15, 0.2) is 5.82 Å². The zero-order valence-electron chi connectivity index (χ0n) is 16.5. The number of anilines is 2. The Morgan fingerprint density at radius 3 is 2.24 bits per heavy atom. The van der Waals surface area contributed by atoms with Crippen LogP contribution < -0.4 is 10.6 Å². The summed E-state index contributed by atoms with van der Waals surface area (Å²) in [5.74, 6) is -4.74. The Balaban J connectivity index is 1.55. The number of para-hydroxylation sites is 1. The van der Waals surface area contributed by atoms with Crippen LogP contribution in [-0.2, 0) is 4.79 Å². The van der Waals surface area contributed by atoms with Gasteiger partial charge in [0.25, 0.3) is 5.91 Å². The maximum absolute atomic E-state index is 15.2. The minimum absolute atomic E-state index is 0.131. The van der Waals surface area contributed by atoms with Crippen LogP contribution in [0, 0.1) is 17.6 Å². The van der Waals surface area contributed by atoms with Crippen LogP contribution in [0.3, 0.4) is 0 Å². The predicted molar refractivity (Wildman–Crippen MR) is 127 cm³/mol. The molecule has 4 rings (SSSR count). The van der Waals surface area contributed by atoms with Crippen LogP contribution in [0.4, 0.5) is 20.2 Å². The largest absolute Gasteiger partial charge is 0.323 e. The molecule has 3 aromatic carbocycles. The first kappa shape index (κ1) is 23.8. The summed E-state index contributed by atoms with van der Waals surface area (Å²) in [6, 6.07) is 14.9. The van der Waals surface area contributed by atoms with Crippen LogP contribution in [0.15, 0.2) is 60.7 Å². The Bertz CT molecular complexity index is 1250. The summed E-state index contributed by atoms with van der Waals surface area (Å²) >= 11 is 24.4. The molecule has 1 saturated carbocycles. The Hall–Kier alpha value is -2.38. The second-order valence-electron chi connectivity index (χ2n) is 7.40. The third kappa shape index (κ3) is 4.66. The average molecular weight is 530 g/mol. The van der Waals surface area contributed by atoms with Crippen molar-refractivity contribution in [2.24, 2.45) is 5.92 Å². The maximum Gasteiger partial charge on any atom is 0.260 e. The highest BCUT2D eigenvalue weighted by atomic mass is 35.5. The molecule has 1 aliphatic rings. The van der Waals surface area contributed by atoms with Crippen LogP contribution in [0.5, 0.6) is 0 Å². The number of hydrogen-bond acceptors (Lipinski definition) is 2. The van der Waals surface area contributed by atoms with Crippen molar-refractivity contribution in [1.29, 1.82) is 0 Å². The number of benzene rings is 3. The van der Waals surface area contributed by atoms with Crippen molar-refractivity contribution >= 4 is 69.6 Å². The first-order valence-electron chi connectivity index (χ1n) is 9.59.